The van der Waals surface area contributed by atoms with Gasteiger partial charge in [0.05, 0.1) is 16.1 Å². The number of aromatic hydroxyl groups is 1. The minimum Gasteiger partial charge on any atom is -0.507 e. The number of phenols is 1. The summed E-state index contributed by atoms with van der Waals surface area (Å²) in [5.41, 5.74) is 2.37. The fourth-order valence-corrected chi connectivity index (χ4v) is 8.57. The van der Waals surface area contributed by atoms with Crippen LogP contribution < -0.4 is 5.73 Å². The molecule has 1 saturated carbocycles. The first-order valence-electron chi connectivity index (χ1n) is 14.3. The summed E-state index contributed by atoms with van der Waals surface area (Å²) in [4.78, 5) is 52.2. The average molecular weight is 589 g/mol. The van der Waals surface area contributed by atoms with E-state index < -0.39 is 50.4 Å². The van der Waals surface area contributed by atoms with Crippen LogP contribution in [-0.4, -0.2) is 43.2 Å². The van der Waals surface area contributed by atoms with Crippen LogP contribution in [0, 0.1) is 32.8 Å². The average Bonchev–Trinajstić information content (AvgIpc) is 2.90. The highest BCUT2D eigenvalue weighted by Gasteiger charge is 2.72. The second-order valence-electron chi connectivity index (χ2n) is 13.1. The van der Waals surface area contributed by atoms with Crippen LogP contribution in [0.1, 0.15) is 64.7 Å². The van der Waals surface area contributed by atoms with Crippen LogP contribution in [0.3, 0.4) is 0 Å². The number of rotatable bonds is 5. The number of nitro groups is 1. The maximum Gasteiger partial charge on any atom is 0.270 e. The van der Waals surface area contributed by atoms with Gasteiger partial charge in [0.2, 0.25) is 11.6 Å². The lowest BCUT2D eigenvalue weighted by Gasteiger charge is -2.60. The fourth-order valence-electron chi connectivity index (χ4n) is 8.57. The third-order valence-corrected chi connectivity index (χ3v) is 9.98. The Labute approximate surface area is 249 Å². The third kappa shape index (κ3) is 3.89. The number of Topliss-reactive ketones (excluding diaryl/α,β-unsaturated/α-hetero) is 3. The number of carbonyl (C=O) groups is 3. The maximum atomic E-state index is 14.5. The lowest BCUT2D eigenvalue weighted by Crippen LogP contribution is -2.70. The number of hydrogen-bond acceptors (Lipinski definition) is 9. The summed E-state index contributed by atoms with van der Waals surface area (Å²) in [6.07, 6.45) is 0.197. The normalized spacial score (nSPS) is 28.5. The molecule has 0 aromatic heterocycles. The minimum atomic E-state index is -2.63. The molecule has 4 atom stereocenters. The van der Waals surface area contributed by atoms with Crippen molar-refractivity contribution in [2.75, 3.05) is 0 Å². The molecule has 5 N–H and O–H groups in total. The van der Waals surface area contributed by atoms with Gasteiger partial charge in [-0.1, -0.05) is 45.4 Å². The van der Waals surface area contributed by atoms with Gasteiger partial charge in [0, 0.05) is 40.6 Å². The van der Waals surface area contributed by atoms with Crippen molar-refractivity contribution in [3.63, 3.8) is 0 Å². The molecule has 0 saturated heterocycles. The molecule has 5 rings (SSSR count). The highest BCUT2D eigenvalue weighted by atomic mass is 16.6. The van der Waals surface area contributed by atoms with Crippen LogP contribution in [0.2, 0.25) is 0 Å². The van der Waals surface area contributed by atoms with Crippen LogP contribution in [0.4, 0.5) is 5.69 Å². The summed E-state index contributed by atoms with van der Waals surface area (Å²) >= 11 is 0. The number of ketones is 3. The number of nitrogens with zero attached hydrogens (tertiary/aromatic N) is 1. The van der Waals surface area contributed by atoms with Gasteiger partial charge in [0.1, 0.15) is 11.5 Å². The van der Waals surface area contributed by atoms with Crippen molar-refractivity contribution in [3.05, 3.63) is 73.9 Å². The quantitative estimate of drug-likeness (QED) is 0.166. The number of nitro benzene ring substituents is 1. The first-order valence-corrected chi connectivity index (χ1v) is 14.3. The number of carbonyl (C=O) groups excluding carboxylic acids is 3. The van der Waals surface area contributed by atoms with Crippen molar-refractivity contribution >= 4 is 28.8 Å². The van der Waals surface area contributed by atoms with Crippen molar-refractivity contribution in [3.8, 4) is 16.9 Å². The van der Waals surface area contributed by atoms with E-state index in [1.807, 2.05) is 13.8 Å². The van der Waals surface area contributed by atoms with Gasteiger partial charge in [-0.25, -0.2) is 0 Å². The number of hydrogen-bond donors (Lipinski definition) is 4. The Balaban J connectivity index is 1.84. The number of aliphatic hydroxyl groups excluding tert-OH is 1. The lowest BCUT2D eigenvalue weighted by atomic mass is 9.42. The van der Waals surface area contributed by atoms with E-state index >= 15 is 0 Å². The Morgan fingerprint density at radius 1 is 1.16 bits per heavy atom. The number of nitrogens with two attached hydrogens (primary N) is 1. The van der Waals surface area contributed by atoms with E-state index in [0.29, 0.717) is 22.3 Å². The second-order valence-corrected chi connectivity index (χ2v) is 13.1. The van der Waals surface area contributed by atoms with Gasteiger partial charge in [-0.2, -0.15) is 0 Å². The molecule has 0 spiro atoms. The molecular weight excluding hydrogens is 552 g/mol. The number of phenolic OH excluding ortho intramolecular Hbond substituents is 1. The Hall–Kier alpha value is -4.15. The van der Waals surface area contributed by atoms with Gasteiger partial charge in [0.15, 0.2) is 11.4 Å². The summed E-state index contributed by atoms with van der Waals surface area (Å²) in [5, 5.41) is 46.9. The molecular formula is C33H36N2O8. The number of benzene rings is 2. The first kappa shape index (κ1) is 30.3. The highest BCUT2D eigenvalue weighted by Crippen LogP contribution is 2.65. The van der Waals surface area contributed by atoms with Crippen LogP contribution in [0.25, 0.3) is 16.9 Å². The molecule has 0 bridgehead atoms. The molecule has 43 heavy (non-hydrogen) atoms. The van der Waals surface area contributed by atoms with Crippen molar-refractivity contribution < 1.29 is 34.6 Å². The summed E-state index contributed by atoms with van der Waals surface area (Å²) in [6.45, 7) is 10.1. The van der Waals surface area contributed by atoms with E-state index in [9.17, 15) is 39.8 Å². The topological polar surface area (TPSA) is 181 Å². The van der Waals surface area contributed by atoms with Gasteiger partial charge >= 0.3 is 0 Å². The monoisotopic (exact) mass is 588 g/mol. The lowest BCUT2D eigenvalue weighted by molar-refractivity contribution is -0.384. The zero-order chi connectivity index (χ0) is 32.0. The van der Waals surface area contributed by atoms with Crippen LogP contribution in [0.15, 0.2) is 47.1 Å². The van der Waals surface area contributed by atoms with Crippen molar-refractivity contribution in [1.29, 1.82) is 0 Å². The smallest absolute Gasteiger partial charge is 0.270 e. The van der Waals surface area contributed by atoms with Gasteiger partial charge in [-0.3, -0.25) is 24.5 Å². The van der Waals surface area contributed by atoms with E-state index in [4.69, 9.17) is 5.73 Å². The molecule has 0 radical (unpaired) electrons. The first-order chi connectivity index (χ1) is 20.0. The molecule has 3 aliphatic carbocycles. The minimum absolute atomic E-state index is 0.0698. The van der Waals surface area contributed by atoms with E-state index in [1.54, 1.807) is 32.9 Å². The molecule has 0 amide bonds. The van der Waals surface area contributed by atoms with E-state index in [1.165, 1.54) is 25.1 Å². The Morgan fingerprint density at radius 3 is 2.37 bits per heavy atom. The second kappa shape index (κ2) is 9.68. The van der Waals surface area contributed by atoms with Crippen molar-refractivity contribution in [2.45, 2.75) is 66.5 Å². The number of fused-ring (bicyclic) bond motifs is 3. The maximum absolute atomic E-state index is 14.5. The Kier molecular flexibility index (Phi) is 6.83. The molecule has 3 aliphatic rings. The molecule has 0 unspecified atom stereocenters. The van der Waals surface area contributed by atoms with Gasteiger partial charge in [-0.05, 0) is 61.3 Å². The third-order valence-electron chi connectivity index (χ3n) is 9.98. The number of allylic oxidation sites excluding steroid dienone is 1. The zero-order valence-corrected chi connectivity index (χ0v) is 25.1. The van der Waals surface area contributed by atoms with E-state index in [-0.39, 0.29) is 59.0 Å². The SMILES string of the molecule is CC(=O)C1=C(C)[C@@H](C(C)C)[C@]2(C)C[C@]3(C)Cc4c(-c5cccc([N+](=O)[O-])c5)cc(CN)c(O)c4C(O)=C3C(=O)[C@]2(O)C1=O. The number of aliphatic hydroxyl groups is 2. The predicted octanol–water partition coefficient (Wildman–Crippen LogP) is 4.73. The Morgan fingerprint density at radius 2 is 1.81 bits per heavy atom. The Bertz CT molecular complexity index is 1720. The predicted molar refractivity (Wildman–Crippen MR) is 159 cm³/mol. The molecule has 2 aromatic rings. The molecule has 0 heterocycles. The molecule has 10 heteroatoms. The van der Waals surface area contributed by atoms with Crippen LogP contribution in [0.5, 0.6) is 5.75 Å². The molecule has 226 valence electrons. The summed E-state index contributed by atoms with van der Waals surface area (Å²) in [6, 6.07) is 7.59. The van der Waals surface area contributed by atoms with E-state index in [0.717, 1.165) is 0 Å². The molecule has 1 fully saturated rings. The standard InChI is InChI=1S/C33H36N2O8/c1-15(2)25-16(3)23(17(4)36)29(39)33(41)30(40)26-28(38)24-22(12-31(26,5)14-32(25,33)6)21(11-19(13-34)27(24)37)18-8-7-9-20(10-18)35(42)43/h7-11,15,25,37-38,41H,12-14,34H2,1-6H3/t25-,31+,32+,33-/m1/s1. The van der Waals surface area contributed by atoms with Gasteiger partial charge in [0.25, 0.3) is 5.69 Å². The zero-order valence-electron chi connectivity index (χ0n) is 25.1. The largest absolute Gasteiger partial charge is 0.507 e. The van der Waals surface area contributed by atoms with Crippen molar-refractivity contribution in [1.82, 2.24) is 0 Å². The van der Waals surface area contributed by atoms with Crippen LogP contribution in [-0.2, 0) is 27.3 Å². The molecule has 10 nitrogen and oxygen atoms in total. The highest BCUT2D eigenvalue weighted by molar-refractivity contribution is 6.33. The van der Waals surface area contributed by atoms with Crippen LogP contribution >= 0.6 is 0 Å². The summed E-state index contributed by atoms with van der Waals surface area (Å²) in [5.74, 6) is -4.17. The van der Waals surface area contributed by atoms with Gasteiger partial charge < -0.3 is 21.1 Å². The summed E-state index contributed by atoms with van der Waals surface area (Å²) < 4.78 is 0. The van der Waals surface area contributed by atoms with Crippen molar-refractivity contribution in [2.24, 2.45) is 28.4 Å². The molecule has 0 aliphatic heterocycles. The molecule has 2 aromatic carbocycles. The summed E-state index contributed by atoms with van der Waals surface area (Å²) in [7, 11) is 0. The van der Waals surface area contributed by atoms with E-state index in [2.05, 4.69) is 0 Å². The fraction of sp³-hybridized carbons (Fsp3) is 0.424. The number of non-ortho nitro benzene ring substituents is 1. The van der Waals surface area contributed by atoms with Gasteiger partial charge in [-0.15, -0.1) is 0 Å².